The van der Waals surface area contributed by atoms with Crippen molar-refractivity contribution in [1.29, 1.82) is 5.26 Å². The Morgan fingerprint density at radius 3 is 2.54 bits per heavy atom. The number of carbonyl (C=O) groups excluding carboxylic acids is 2. The van der Waals surface area contributed by atoms with Crippen molar-refractivity contribution in [3.05, 3.63) is 82.0 Å². The van der Waals surface area contributed by atoms with Crippen LogP contribution in [0.4, 0.5) is 4.79 Å². The highest BCUT2D eigenvalue weighted by Gasteiger charge is 2.37. The average molecular weight is 529 g/mol. The summed E-state index contributed by atoms with van der Waals surface area (Å²) in [6, 6.07) is 15.3. The number of carbonyl (C=O) groups is 2. The quantitative estimate of drug-likeness (QED) is 0.541. The summed E-state index contributed by atoms with van der Waals surface area (Å²) in [5.74, 6) is -0.409. The molecular formula is C29H32N6O4. The highest BCUT2D eigenvalue weighted by molar-refractivity contribution is 5.94. The van der Waals surface area contributed by atoms with Crippen molar-refractivity contribution < 1.29 is 14.3 Å². The fourth-order valence-corrected chi connectivity index (χ4v) is 5.61. The monoisotopic (exact) mass is 528 g/mol. The van der Waals surface area contributed by atoms with Gasteiger partial charge in [-0.05, 0) is 61.6 Å². The normalized spacial score (nSPS) is 17.9. The van der Waals surface area contributed by atoms with E-state index in [0.717, 1.165) is 16.8 Å². The Morgan fingerprint density at radius 1 is 1.13 bits per heavy atom. The zero-order valence-corrected chi connectivity index (χ0v) is 22.0. The lowest BCUT2D eigenvalue weighted by Crippen LogP contribution is -2.47. The van der Waals surface area contributed by atoms with E-state index in [1.54, 1.807) is 29.4 Å². The average Bonchev–Trinajstić information content (AvgIpc) is 2.99. The lowest BCUT2D eigenvalue weighted by Gasteiger charge is -2.37. The standard InChI is InChI=1S/C29H32N6O4/c1-39-28(38)34-14-8-22(9-15-34)32-26(36)23-18-21(24-6-3-5-13-35(24)27(23)37)19-33-16-10-29(20-30,11-17-33)25-7-2-4-12-31-25/h2-7,12-13,18,22H,8-11,14-17,19H2,1H3,(H,32,36). The van der Waals surface area contributed by atoms with Gasteiger partial charge in [0.15, 0.2) is 0 Å². The Balaban J connectivity index is 1.33. The first-order valence-corrected chi connectivity index (χ1v) is 13.3. The number of aromatic nitrogens is 2. The molecule has 0 saturated carbocycles. The van der Waals surface area contributed by atoms with Crippen LogP contribution in [0.5, 0.6) is 0 Å². The molecule has 5 heterocycles. The fraction of sp³-hybridized carbons (Fsp3) is 0.414. The van der Waals surface area contributed by atoms with Crippen LogP contribution in [0.2, 0.25) is 0 Å². The summed E-state index contributed by atoms with van der Waals surface area (Å²) < 4.78 is 6.31. The fourth-order valence-electron chi connectivity index (χ4n) is 5.61. The van der Waals surface area contributed by atoms with Gasteiger partial charge in [0.05, 0.1) is 24.4 Å². The van der Waals surface area contributed by atoms with Gasteiger partial charge in [0.25, 0.3) is 11.5 Å². The van der Waals surface area contributed by atoms with E-state index in [4.69, 9.17) is 4.74 Å². The first-order valence-electron chi connectivity index (χ1n) is 13.3. The number of pyridine rings is 3. The van der Waals surface area contributed by atoms with E-state index in [1.165, 1.54) is 11.5 Å². The zero-order valence-electron chi connectivity index (χ0n) is 22.0. The maximum Gasteiger partial charge on any atom is 0.409 e. The molecule has 202 valence electrons. The third-order valence-electron chi connectivity index (χ3n) is 7.94. The van der Waals surface area contributed by atoms with Gasteiger partial charge in [0.2, 0.25) is 0 Å². The molecule has 0 aromatic carbocycles. The van der Waals surface area contributed by atoms with E-state index in [2.05, 4.69) is 21.3 Å². The van der Waals surface area contributed by atoms with Crippen LogP contribution in [0.3, 0.4) is 0 Å². The largest absolute Gasteiger partial charge is 0.453 e. The molecule has 3 aromatic heterocycles. The number of likely N-dealkylation sites (tertiary alicyclic amines) is 2. The van der Waals surface area contributed by atoms with Crippen molar-refractivity contribution >= 4 is 17.5 Å². The van der Waals surface area contributed by atoms with E-state index in [-0.39, 0.29) is 23.3 Å². The molecule has 10 nitrogen and oxygen atoms in total. The van der Waals surface area contributed by atoms with Crippen LogP contribution in [0.1, 0.15) is 47.3 Å². The van der Waals surface area contributed by atoms with Crippen molar-refractivity contribution in [1.82, 2.24) is 24.5 Å². The Kier molecular flexibility index (Phi) is 7.61. The number of fused-ring (bicyclic) bond motifs is 1. The number of nitrogens with one attached hydrogen (secondary N) is 1. The minimum absolute atomic E-state index is 0.0981. The SMILES string of the molecule is COC(=O)N1CCC(NC(=O)c2cc(CN3CCC(C#N)(c4ccccn4)CC3)c3ccccn3c2=O)CC1. The van der Waals surface area contributed by atoms with Gasteiger partial charge in [0.1, 0.15) is 11.0 Å². The summed E-state index contributed by atoms with van der Waals surface area (Å²) in [5, 5.41) is 13.0. The van der Waals surface area contributed by atoms with Crippen LogP contribution in [-0.4, -0.2) is 70.5 Å². The minimum Gasteiger partial charge on any atom is -0.453 e. The van der Waals surface area contributed by atoms with Gasteiger partial charge in [-0.2, -0.15) is 5.26 Å². The molecule has 2 aliphatic heterocycles. The third-order valence-corrected chi connectivity index (χ3v) is 7.94. The molecule has 2 aliphatic rings. The van der Waals surface area contributed by atoms with Gasteiger partial charge in [-0.3, -0.25) is 23.9 Å². The summed E-state index contributed by atoms with van der Waals surface area (Å²) in [4.78, 5) is 46.7. The molecule has 5 rings (SSSR count). The topological polar surface area (TPSA) is 120 Å². The van der Waals surface area contributed by atoms with Crippen LogP contribution < -0.4 is 10.9 Å². The first-order chi connectivity index (χ1) is 18.9. The second-order valence-corrected chi connectivity index (χ2v) is 10.2. The number of amides is 2. The van der Waals surface area contributed by atoms with Gasteiger partial charge in [-0.1, -0.05) is 12.1 Å². The van der Waals surface area contributed by atoms with E-state index >= 15 is 0 Å². The smallest absolute Gasteiger partial charge is 0.409 e. The molecule has 39 heavy (non-hydrogen) atoms. The zero-order chi connectivity index (χ0) is 27.4. The summed E-state index contributed by atoms with van der Waals surface area (Å²) in [6.07, 6.45) is 5.53. The molecule has 0 spiro atoms. The Labute approximate surface area is 226 Å². The molecule has 2 saturated heterocycles. The molecule has 1 N–H and O–H groups in total. The Hall–Kier alpha value is -4.23. The van der Waals surface area contributed by atoms with Crippen LogP contribution in [0, 0.1) is 11.3 Å². The lowest BCUT2D eigenvalue weighted by atomic mass is 9.76. The molecule has 2 amide bonds. The molecule has 0 atom stereocenters. The van der Waals surface area contributed by atoms with Crippen molar-refractivity contribution in [2.24, 2.45) is 0 Å². The van der Waals surface area contributed by atoms with E-state index < -0.39 is 11.3 Å². The number of piperidine rings is 2. The summed E-state index contributed by atoms with van der Waals surface area (Å²) >= 11 is 0. The van der Waals surface area contributed by atoms with E-state index in [0.29, 0.717) is 58.4 Å². The van der Waals surface area contributed by atoms with Crippen LogP contribution in [0.25, 0.3) is 5.52 Å². The maximum atomic E-state index is 13.3. The number of hydrogen-bond acceptors (Lipinski definition) is 7. The number of nitriles is 1. The maximum absolute atomic E-state index is 13.3. The molecule has 2 fully saturated rings. The summed E-state index contributed by atoms with van der Waals surface area (Å²) in [7, 11) is 1.35. The predicted molar refractivity (Wildman–Crippen MR) is 144 cm³/mol. The Bertz CT molecular complexity index is 1450. The molecule has 0 radical (unpaired) electrons. The Morgan fingerprint density at radius 2 is 1.87 bits per heavy atom. The highest BCUT2D eigenvalue weighted by atomic mass is 16.5. The molecule has 10 heteroatoms. The van der Waals surface area contributed by atoms with Gasteiger partial charge in [0, 0.05) is 51.2 Å². The summed E-state index contributed by atoms with van der Waals surface area (Å²) in [6.45, 7) is 2.91. The van der Waals surface area contributed by atoms with Crippen LogP contribution in [-0.2, 0) is 16.7 Å². The molecule has 3 aromatic rings. The second-order valence-electron chi connectivity index (χ2n) is 10.2. The molecular weight excluding hydrogens is 496 g/mol. The summed E-state index contributed by atoms with van der Waals surface area (Å²) in [5.41, 5.74) is 1.56. The number of rotatable bonds is 5. The number of ether oxygens (including phenoxy) is 1. The van der Waals surface area contributed by atoms with Crippen LogP contribution >= 0.6 is 0 Å². The van der Waals surface area contributed by atoms with E-state index in [9.17, 15) is 19.6 Å². The van der Waals surface area contributed by atoms with Gasteiger partial charge in [-0.25, -0.2) is 4.79 Å². The van der Waals surface area contributed by atoms with Crippen molar-refractivity contribution in [3.8, 4) is 6.07 Å². The highest BCUT2D eigenvalue weighted by Crippen LogP contribution is 2.34. The number of nitrogens with zero attached hydrogens (tertiary/aromatic N) is 5. The molecule has 0 bridgehead atoms. The molecule has 0 aliphatic carbocycles. The van der Waals surface area contributed by atoms with Crippen molar-refractivity contribution in [2.75, 3.05) is 33.3 Å². The second kappa shape index (κ2) is 11.3. The number of hydrogen-bond donors (Lipinski definition) is 1. The minimum atomic E-state index is -0.609. The third kappa shape index (κ3) is 5.36. The number of methoxy groups -OCH3 is 1. The first kappa shape index (κ1) is 26.4. The predicted octanol–water partition coefficient (Wildman–Crippen LogP) is 2.71. The van der Waals surface area contributed by atoms with Crippen LogP contribution in [0.15, 0.2) is 59.7 Å². The lowest BCUT2D eigenvalue weighted by molar-refractivity contribution is 0.0890. The van der Waals surface area contributed by atoms with Crippen molar-refractivity contribution in [3.63, 3.8) is 0 Å². The van der Waals surface area contributed by atoms with Crippen molar-refractivity contribution in [2.45, 2.75) is 43.7 Å². The van der Waals surface area contributed by atoms with E-state index in [1.807, 2.05) is 30.3 Å². The van der Waals surface area contributed by atoms with Gasteiger partial charge < -0.3 is 15.0 Å². The van der Waals surface area contributed by atoms with Gasteiger partial charge >= 0.3 is 6.09 Å². The molecule has 0 unspecified atom stereocenters. The van der Waals surface area contributed by atoms with Gasteiger partial charge in [-0.15, -0.1) is 0 Å².